The van der Waals surface area contributed by atoms with E-state index in [1.807, 2.05) is 49.2 Å². The second-order valence-electron chi connectivity index (χ2n) is 9.43. The molecule has 1 aromatic carbocycles. The molecule has 8 heteroatoms. The van der Waals surface area contributed by atoms with Crippen LogP contribution < -0.4 is 5.32 Å². The zero-order valence-electron chi connectivity index (χ0n) is 21.0. The van der Waals surface area contributed by atoms with Crippen LogP contribution in [0.1, 0.15) is 11.1 Å². The maximum Gasteiger partial charge on any atom is 0.155 e. The number of hydrogen-bond acceptors (Lipinski definition) is 6. The monoisotopic (exact) mass is 508 g/mol. The Morgan fingerprint density at radius 3 is 2.38 bits per heavy atom. The largest absolute Gasteiger partial charge is 0.352 e. The van der Waals surface area contributed by atoms with Gasteiger partial charge < -0.3 is 10.3 Å². The van der Waals surface area contributed by atoms with Crippen LogP contribution in [0, 0.1) is 0 Å². The highest BCUT2D eigenvalue weighted by Crippen LogP contribution is 2.34. The number of fused-ring (bicyclic) bond motifs is 2. The molecule has 6 heterocycles. The summed E-state index contributed by atoms with van der Waals surface area (Å²) in [5, 5.41) is 13.2. The molecule has 0 aliphatic rings. The lowest BCUT2D eigenvalue weighted by atomic mass is 10.0. The molecule has 0 fully saturated rings. The van der Waals surface area contributed by atoms with Gasteiger partial charge in [-0.3, -0.25) is 20.1 Å². The predicted octanol–water partition coefficient (Wildman–Crippen LogP) is 5.92. The molecule has 0 saturated carbocycles. The Kier molecular flexibility index (Phi) is 5.84. The Balaban J connectivity index is 1.20. The Labute approximate surface area is 224 Å². The summed E-state index contributed by atoms with van der Waals surface area (Å²) in [6, 6.07) is 20.8. The molecule has 0 radical (unpaired) electrons. The number of hydrogen-bond donors (Lipinski definition) is 3. The van der Waals surface area contributed by atoms with E-state index in [0.717, 1.165) is 74.2 Å². The fraction of sp³-hybridized carbons (Fsp3) is 0.0645. The van der Waals surface area contributed by atoms with Gasteiger partial charge in [0.05, 0.1) is 17.4 Å². The lowest BCUT2D eigenvalue weighted by Gasteiger charge is -2.07. The highest BCUT2D eigenvalue weighted by Gasteiger charge is 2.15. The zero-order chi connectivity index (χ0) is 26.0. The van der Waals surface area contributed by atoms with E-state index in [1.54, 1.807) is 12.4 Å². The summed E-state index contributed by atoms with van der Waals surface area (Å²) in [7, 11) is 0. The summed E-state index contributed by atoms with van der Waals surface area (Å²) in [5.74, 6) is 0. The maximum absolute atomic E-state index is 4.66. The highest BCUT2D eigenvalue weighted by atomic mass is 15.2. The number of nitrogens with one attached hydrogen (secondary N) is 3. The van der Waals surface area contributed by atoms with E-state index >= 15 is 0 Å². The Bertz CT molecular complexity index is 1890. The van der Waals surface area contributed by atoms with Gasteiger partial charge in [-0.05, 0) is 47.0 Å². The number of aromatic amines is 2. The van der Waals surface area contributed by atoms with Crippen molar-refractivity contribution in [2.75, 3.05) is 0 Å². The van der Waals surface area contributed by atoms with Crippen LogP contribution in [0.4, 0.5) is 0 Å². The smallest absolute Gasteiger partial charge is 0.155 e. The lowest BCUT2D eigenvalue weighted by molar-refractivity contribution is 0.691. The van der Waals surface area contributed by atoms with Gasteiger partial charge in [0.25, 0.3) is 0 Å². The summed E-state index contributed by atoms with van der Waals surface area (Å²) in [6.45, 7) is 1.53. The number of nitrogens with zero attached hydrogens (tertiary/aromatic N) is 5. The van der Waals surface area contributed by atoms with Crippen LogP contribution >= 0.6 is 0 Å². The summed E-state index contributed by atoms with van der Waals surface area (Å²) < 4.78 is 0. The number of benzene rings is 1. The van der Waals surface area contributed by atoms with Crippen molar-refractivity contribution in [2.24, 2.45) is 0 Å². The van der Waals surface area contributed by atoms with Gasteiger partial charge in [0.2, 0.25) is 0 Å². The quantitative estimate of drug-likeness (QED) is 0.247. The zero-order valence-corrected chi connectivity index (χ0v) is 21.0. The summed E-state index contributed by atoms with van der Waals surface area (Å²) in [5.41, 5.74) is 9.85. The Morgan fingerprint density at radius 1 is 0.667 bits per heavy atom. The molecule has 7 rings (SSSR count). The average molecular weight is 509 g/mol. The number of pyridine rings is 4. The Hall–Kier alpha value is -5.21. The van der Waals surface area contributed by atoms with Crippen molar-refractivity contribution < 1.29 is 0 Å². The fourth-order valence-electron chi connectivity index (χ4n) is 4.90. The van der Waals surface area contributed by atoms with Gasteiger partial charge in [-0.25, -0.2) is 4.98 Å². The van der Waals surface area contributed by atoms with Crippen molar-refractivity contribution >= 4 is 21.9 Å². The minimum atomic E-state index is 0.727. The summed E-state index contributed by atoms with van der Waals surface area (Å²) in [4.78, 5) is 21.2. The highest BCUT2D eigenvalue weighted by molar-refractivity contribution is 6.00. The minimum Gasteiger partial charge on any atom is -0.352 e. The number of aromatic nitrogens is 7. The molecule has 7 aromatic rings. The molecule has 3 N–H and O–H groups in total. The van der Waals surface area contributed by atoms with Crippen LogP contribution in [0.15, 0.2) is 104 Å². The first kappa shape index (κ1) is 22.9. The van der Waals surface area contributed by atoms with E-state index in [-0.39, 0.29) is 0 Å². The third-order valence-corrected chi connectivity index (χ3v) is 6.84. The topological polar surface area (TPSA) is 108 Å². The van der Waals surface area contributed by atoms with E-state index in [1.165, 1.54) is 5.56 Å². The van der Waals surface area contributed by atoms with Gasteiger partial charge in [0.1, 0.15) is 5.69 Å². The second-order valence-corrected chi connectivity index (χ2v) is 9.43. The van der Waals surface area contributed by atoms with E-state index in [2.05, 4.69) is 82.9 Å². The van der Waals surface area contributed by atoms with Crippen molar-refractivity contribution in [3.8, 4) is 33.6 Å². The summed E-state index contributed by atoms with van der Waals surface area (Å²) >= 11 is 0. The van der Waals surface area contributed by atoms with Gasteiger partial charge in [0, 0.05) is 77.7 Å². The molecule has 188 valence electrons. The molecule has 0 bridgehead atoms. The van der Waals surface area contributed by atoms with Crippen LogP contribution in [0.5, 0.6) is 0 Å². The van der Waals surface area contributed by atoms with Gasteiger partial charge in [-0.15, -0.1) is 0 Å². The molecule has 39 heavy (non-hydrogen) atoms. The van der Waals surface area contributed by atoms with Crippen LogP contribution in [-0.4, -0.2) is 35.1 Å². The molecular formula is C31H24N8. The molecular weight excluding hydrogens is 484 g/mol. The second kappa shape index (κ2) is 9.92. The van der Waals surface area contributed by atoms with Gasteiger partial charge in [0.15, 0.2) is 5.65 Å². The molecule has 0 unspecified atom stereocenters. The van der Waals surface area contributed by atoms with E-state index in [4.69, 9.17) is 0 Å². The molecule has 0 spiro atoms. The van der Waals surface area contributed by atoms with Crippen LogP contribution in [0.2, 0.25) is 0 Å². The first-order chi connectivity index (χ1) is 19.3. The van der Waals surface area contributed by atoms with E-state index < -0.39 is 0 Å². The van der Waals surface area contributed by atoms with Crippen LogP contribution in [-0.2, 0) is 13.1 Å². The normalized spacial score (nSPS) is 11.4. The first-order valence-electron chi connectivity index (χ1n) is 12.7. The van der Waals surface area contributed by atoms with Crippen molar-refractivity contribution in [1.82, 2.24) is 40.4 Å². The molecule has 8 nitrogen and oxygen atoms in total. The van der Waals surface area contributed by atoms with Crippen molar-refractivity contribution in [3.63, 3.8) is 0 Å². The number of H-pyrrole nitrogens is 2. The van der Waals surface area contributed by atoms with Crippen molar-refractivity contribution in [1.29, 1.82) is 0 Å². The summed E-state index contributed by atoms with van der Waals surface area (Å²) in [6.07, 6.45) is 12.9. The van der Waals surface area contributed by atoms with Crippen molar-refractivity contribution in [3.05, 3.63) is 115 Å². The molecule has 0 amide bonds. The van der Waals surface area contributed by atoms with E-state index in [9.17, 15) is 0 Å². The Morgan fingerprint density at radius 2 is 1.49 bits per heavy atom. The molecule has 0 aliphatic carbocycles. The average Bonchev–Trinajstić information content (AvgIpc) is 3.62. The van der Waals surface area contributed by atoms with Crippen LogP contribution in [0.25, 0.3) is 55.6 Å². The standard InChI is InChI=1S/C31H24N8/c1-2-4-20(5-3-1)13-33-14-21-10-23(16-34-15-21)24-11-26-30(38-39-31(26)36-17-24)28-12-25-27(18-35-19-29(25)37-28)22-6-8-32-9-7-22/h1-12,15-19,33,37H,13-14H2,(H,36,38,39). The van der Waals surface area contributed by atoms with Crippen LogP contribution in [0.3, 0.4) is 0 Å². The predicted molar refractivity (Wildman–Crippen MR) is 152 cm³/mol. The maximum atomic E-state index is 4.66. The van der Waals surface area contributed by atoms with Gasteiger partial charge in [-0.1, -0.05) is 30.3 Å². The van der Waals surface area contributed by atoms with Gasteiger partial charge in [-0.2, -0.15) is 5.10 Å². The van der Waals surface area contributed by atoms with Crippen molar-refractivity contribution in [2.45, 2.75) is 13.1 Å². The minimum absolute atomic E-state index is 0.727. The fourth-order valence-corrected chi connectivity index (χ4v) is 4.90. The number of rotatable bonds is 7. The van der Waals surface area contributed by atoms with Gasteiger partial charge >= 0.3 is 0 Å². The molecule has 0 saturated heterocycles. The lowest BCUT2D eigenvalue weighted by Crippen LogP contribution is -2.12. The third-order valence-electron chi connectivity index (χ3n) is 6.84. The molecule has 0 aliphatic heterocycles. The third kappa shape index (κ3) is 4.54. The SMILES string of the molecule is c1ccc(CNCc2cncc(-c3cnc4[nH]nc(-c5cc6c(-c7ccncc7)cncc6[nH]5)c4c3)c2)cc1. The molecule has 6 aromatic heterocycles. The molecule has 0 atom stereocenters. The van der Waals surface area contributed by atoms with E-state index in [0.29, 0.717) is 0 Å². The first-order valence-corrected chi connectivity index (χ1v) is 12.7.